The minimum atomic E-state index is -1.14. The first-order chi connectivity index (χ1) is 13.3. The Morgan fingerprint density at radius 3 is 2.61 bits per heavy atom. The number of amides is 2. The molecule has 2 amide bonds. The number of carbonyl (C=O) groups is 3. The van der Waals surface area contributed by atoms with Crippen molar-refractivity contribution >= 4 is 28.9 Å². The monoisotopic (exact) mass is 402 g/mol. The van der Waals surface area contributed by atoms with Crippen LogP contribution < -0.4 is 10.6 Å². The SMILES string of the molecule is C[C@H]1OCC(=O)[C@]1(C)NC(=O)C(Cc1ccc(O)cc1)NC(=O)c1ccsc1. The predicted molar refractivity (Wildman–Crippen MR) is 104 cm³/mol. The number of hydrogen-bond donors (Lipinski definition) is 3. The molecule has 0 bridgehead atoms. The van der Waals surface area contributed by atoms with Crippen LogP contribution in [0.1, 0.15) is 29.8 Å². The molecule has 1 aromatic heterocycles. The summed E-state index contributed by atoms with van der Waals surface area (Å²) >= 11 is 1.38. The highest BCUT2D eigenvalue weighted by atomic mass is 32.1. The molecular formula is C20H22N2O5S. The maximum Gasteiger partial charge on any atom is 0.252 e. The maximum absolute atomic E-state index is 13.0. The fourth-order valence-electron chi connectivity index (χ4n) is 2.97. The Morgan fingerprint density at radius 2 is 2.04 bits per heavy atom. The topological polar surface area (TPSA) is 105 Å². The van der Waals surface area contributed by atoms with Gasteiger partial charge in [0.25, 0.3) is 5.91 Å². The first-order valence-electron chi connectivity index (χ1n) is 8.87. The molecule has 148 valence electrons. The van der Waals surface area contributed by atoms with Crippen LogP contribution >= 0.6 is 11.3 Å². The van der Waals surface area contributed by atoms with Crippen LogP contribution in [0.2, 0.25) is 0 Å². The molecule has 1 saturated heterocycles. The van der Waals surface area contributed by atoms with Crippen molar-refractivity contribution in [1.29, 1.82) is 0 Å². The van der Waals surface area contributed by atoms with Gasteiger partial charge in [-0.15, -0.1) is 0 Å². The van der Waals surface area contributed by atoms with E-state index in [2.05, 4.69) is 10.6 Å². The average Bonchev–Trinajstić information content (AvgIpc) is 3.28. The summed E-state index contributed by atoms with van der Waals surface area (Å²) in [5.74, 6) is -0.930. The Balaban J connectivity index is 1.80. The lowest BCUT2D eigenvalue weighted by Crippen LogP contribution is -2.60. The quantitative estimate of drug-likeness (QED) is 0.682. The van der Waals surface area contributed by atoms with E-state index < -0.39 is 23.6 Å². The fraction of sp³-hybridized carbons (Fsp3) is 0.350. The Kier molecular flexibility index (Phi) is 5.81. The van der Waals surface area contributed by atoms with Crippen LogP contribution in [0.4, 0.5) is 0 Å². The van der Waals surface area contributed by atoms with Gasteiger partial charge in [-0.2, -0.15) is 11.3 Å². The minimum absolute atomic E-state index is 0.0537. The highest BCUT2D eigenvalue weighted by Gasteiger charge is 2.47. The normalized spacial score (nSPS) is 22.6. The molecule has 2 heterocycles. The summed E-state index contributed by atoms with van der Waals surface area (Å²) in [5, 5.41) is 18.4. The Hall–Kier alpha value is -2.71. The predicted octanol–water partition coefficient (Wildman–Crippen LogP) is 1.66. The molecule has 3 atom stereocenters. The van der Waals surface area contributed by atoms with Crippen molar-refractivity contribution in [3.63, 3.8) is 0 Å². The molecule has 0 spiro atoms. The van der Waals surface area contributed by atoms with Gasteiger partial charge in [-0.1, -0.05) is 12.1 Å². The second-order valence-electron chi connectivity index (χ2n) is 6.98. The standard InChI is InChI=1S/C20H22N2O5S/c1-12-20(2,17(24)10-27-12)22-19(26)16(9-13-3-5-15(23)6-4-13)21-18(25)14-7-8-28-11-14/h3-8,11-12,16,23H,9-10H2,1-2H3,(H,21,25)(H,22,26)/t12-,16?,20-/m1/s1. The number of Topliss-reactive ketones (excluding diaryl/α,β-unsaturated/α-hetero) is 1. The van der Waals surface area contributed by atoms with Gasteiger partial charge in [0.1, 0.15) is 23.9 Å². The van der Waals surface area contributed by atoms with Crippen LogP contribution in [0.3, 0.4) is 0 Å². The van der Waals surface area contributed by atoms with E-state index in [1.165, 1.54) is 23.5 Å². The Bertz CT molecular complexity index is 865. The zero-order chi connectivity index (χ0) is 20.3. The molecule has 3 N–H and O–H groups in total. The summed E-state index contributed by atoms with van der Waals surface area (Å²) in [5.41, 5.74) is 0.0846. The molecule has 0 aliphatic carbocycles. The molecule has 1 unspecified atom stereocenters. The van der Waals surface area contributed by atoms with E-state index in [9.17, 15) is 19.5 Å². The minimum Gasteiger partial charge on any atom is -0.508 e. The number of carbonyl (C=O) groups excluding carboxylic acids is 3. The van der Waals surface area contributed by atoms with E-state index in [1.54, 1.807) is 42.8 Å². The molecule has 1 aliphatic heterocycles. The van der Waals surface area contributed by atoms with Gasteiger partial charge in [-0.3, -0.25) is 14.4 Å². The first-order valence-corrected chi connectivity index (χ1v) is 9.82. The molecular weight excluding hydrogens is 380 g/mol. The molecule has 28 heavy (non-hydrogen) atoms. The van der Waals surface area contributed by atoms with Crippen LogP contribution in [0, 0.1) is 0 Å². The number of aromatic hydroxyl groups is 1. The molecule has 3 rings (SSSR count). The molecule has 7 nitrogen and oxygen atoms in total. The summed E-state index contributed by atoms with van der Waals surface area (Å²) in [6, 6.07) is 7.18. The average molecular weight is 402 g/mol. The van der Waals surface area contributed by atoms with Gasteiger partial charge in [-0.25, -0.2) is 0 Å². The molecule has 0 radical (unpaired) electrons. The van der Waals surface area contributed by atoms with Gasteiger partial charge >= 0.3 is 0 Å². The number of benzene rings is 1. The van der Waals surface area contributed by atoms with E-state index in [0.29, 0.717) is 5.56 Å². The van der Waals surface area contributed by atoms with E-state index in [0.717, 1.165) is 5.56 Å². The van der Waals surface area contributed by atoms with Crippen molar-refractivity contribution in [3.05, 3.63) is 52.2 Å². The van der Waals surface area contributed by atoms with Crippen LogP contribution in [-0.4, -0.2) is 47.0 Å². The molecule has 1 fully saturated rings. The number of thiophene rings is 1. The van der Waals surface area contributed by atoms with Gasteiger partial charge in [0, 0.05) is 11.8 Å². The van der Waals surface area contributed by atoms with Crippen LogP contribution in [-0.2, 0) is 20.7 Å². The zero-order valence-corrected chi connectivity index (χ0v) is 16.4. The van der Waals surface area contributed by atoms with E-state index in [4.69, 9.17) is 4.74 Å². The van der Waals surface area contributed by atoms with Gasteiger partial charge in [0.15, 0.2) is 5.78 Å². The second kappa shape index (κ2) is 8.12. The number of rotatable bonds is 6. The maximum atomic E-state index is 13.0. The largest absolute Gasteiger partial charge is 0.508 e. The Morgan fingerprint density at radius 1 is 1.32 bits per heavy atom. The van der Waals surface area contributed by atoms with Gasteiger partial charge in [0.05, 0.1) is 11.7 Å². The molecule has 8 heteroatoms. The Labute approximate surface area is 166 Å². The number of hydrogen-bond acceptors (Lipinski definition) is 6. The third-order valence-corrected chi connectivity index (χ3v) is 5.70. The number of nitrogens with one attached hydrogen (secondary N) is 2. The summed E-state index contributed by atoms with van der Waals surface area (Å²) in [6.45, 7) is 3.30. The first kappa shape index (κ1) is 20.0. The number of ether oxygens (including phenoxy) is 1. The van der Waals surface area contributed by atoms with Crippen molar-refractivity contribution < 1.29 is 24.2 Å². The second-order valence-corrected chi connectivity index (χ2v) is 7.76. The lowest BCUT2D eigenvalue weighted by molar-refractivity contribution is -0.130. The van der Waals surface area contributed by atoms with Crippen LogP contribution in [0.15, 0.2) is 41.1 Å². The van der Waals surface area contributed by atoms with Crippen molar-refractivity contribution in [2.75, 3.05) is 6.61 Å². The number of ketones is 1. The lowest BCUT2D eigenvalue weighted by Gasteiger charge is -2.29. The van der Waals surface area contributed by atoms with E-state index in [1.807, 2.05) is 0 Å². The van der Waals surface area contributed by atoms with Crippen molar-refractivity contribution in [1.82, 2.24) is 10.6 Å². The smallest absolute Gasteiger partial charge is 0.252 e. The van der Waals surface area contributed by atoms with Gasteiger partial charge in [-0.05, 0) is 43.0 Å². The van der Waals surface area contributed by atoms with Gasteiger partial charge in [0.2, 0.25) is 5.91 Å². The molecule has 2 aromatic rings. The van der Waals surface area contributed by atoms with Crippen molar-refractivity contribution in [3.8, 4) is 5.75 Å². The van der Waals surface area contributed by atoms with Gasteiger partial charge < -0.3 is 20.5 Å². The van der Waals surface area contributed by atoms with E-state index >= 15 is 0 Å². The van der Waals surface area contributed by atoms with Crippen LogP contribution in [0.5, 0.6) is 5.75 Å². The molecule has 1 aliphatic rings. The van der Waals surface area contributed by atoms with E-state index in [-0.39, 0.29) is 30.5 Å². The molecule has 1 aromatic carbocycles. The number of phenols is 1. The van der Waals surface area contributed by atoms with Crippen LogP contribution in [0.25, 0.3) is 0 Å². The third kappa shape index (κ3) is 4.23. The summed E-state index contributed by atoms with van der Waals surface area (Å²) < 4.78 is 5.35. The summed E-state index contributed by atoms with van der Waals surface area (Å²) in [6.07, 6.45) is -0.257. The number of phenolic OH excluding ortho intramolecular Hbond substituents is 1. The zero-order valence-electron chi connectivity index (χ0n) is 15.6. The lowest BCUT2D eigenvalue weighted by atomic mass is 9.92. The van der Waals surface area contributed by atoms with Crippen molar-refractivity contribution in [2.24, 2.45) is 0 Å². The highest BCUT2D eigenvalue weighted by molar-refractivity contribution is 7.08. The summed E-state index contributed by atoms with van der Waals surface area (Å²) in [4.78, 5) is 37.7. The third-order valence-electron chi connectivity index (χ3n) is 5.02. The highest BCUT2D eigenvalue weighted by Crippen LogP contribution is 2.22. The molecule has 0 saturated carbocycles. The summed E-state index contributed by atoms with van der Waals surface area (Å²) in [7, 11) is 0. The van der Waals surface area contributed by atoms with Crippen molar-refractivity contribution in [2.45, 2.75) is 38.0 Å². The fourth-order valence-corrected chi connectivity index (χ4v) is 3.61.